The molecule has 0 radical (unpaired) electrons. The van der Waals surface area contributed by atoms with E-state index in [2.05, 4.69) is 0 Å². The number of aryl methyl sites for hydroxylation is 2. The zero-order valence-corrected chi connectivity index (χ0v) is 14.7. The van der Waals surface area contributed by atoms with Gasteiger partial charge in [-0.3, -0.25) is 18.7 Å². The highest BCUT2D eigenvalue weighted by Crippen LogP contribution is 2.26. The van der Waals surface area contributed by atoms with Crippen molar-refractivity contribution in [2.24, 2.45) is 14.1 Å². The highest BCUT2D eigenvalue weighted by atomic mass is 32.1. The predicted molar refractivity (Wildman–Crippen MR) is 96.2 cm³/mol. The maximum Gasteiger partial charge on any atom is 0.331 e. The number of aromatic nitrogens is 2. The first-order chi connectivity index (χ1) is 11.3. The third kappa shape index (κ3) is 2.37. The van der Waals surface area contributed by atoms with Gasteiger partial charge in [0.25, 0.3) is 11.5 Å². The Labute approximate surface area is 142 Å². The SMILES string of the molecule is Cc1ccccc1N(C)C(=O)c1cc2c(=O)n(C)c(=O)n(C)c2s1. The topological polar surface area (TPSA) is 64.3 Å². The molecule has 0 atom stereocenters. The van der Waals surface area contributed by atoms with Crippen LogP contribution in [0.1, 0.15) is 15.2 Å². The summed E-state index contributed by atoms with van der Waals surface area (Å²) in [7, 11) is 4.73. The van der Waals surface area contributed by atoms with Gasteiger partial charge in [-0.25, -0.2) is 4.79 Å². The molecule has 0 unspecified atom stereocenters. The number of nitrogens with zero attached hydrogens (tertiary/aromatic N) is 3. The first-order valence-corrected chi connectivity index (χ1v) is 8.18. The number of anilines is 1. The second-order valence-corrected chi connectivity index (χ2v) is 6.72. The van der Waals surface area contributed by atoms with E-state index < -0.39 is 5.69 Å². The smallest absolute Gasteiger partial charge is 0.310 e. The number of carbonyl (C=O) groups excluding carboxylic acids is 1. The number of rotatable bonds is 2. The van der Waals surface area contributed by atoms with Gasteiger partial charge in [0.15, 0.2) is 0 Å². The quantitative estimate of drug-likeness (QED) is 0.714. The molecule has 0 fully saturated rings. The van der Waals surface area contributed by atoms with Gasteiger partial charge in [-0.05, 0) is 24.6 Å². The van der Waals surface area contributed by atoms with Crippen LogP contribution in [0.15, 0.2) is 39.9 Å². The fourth-order valence-electron chi connectivity index (χ4n) is 2.68. The summed E-state index contributed by atoms with van der Waals surface area (Å²) in [5, 5.41) is 0.381. The highest BCUT2D eigenvalue weighted by molar-refractivity contribution is 7.20. The molecule has 2 heterocycles. The van der Waals surface area contributed by atoms with Crippen molar-refractivity contribution < 1.29 is 4.79 Å². The largest absolute Gasteiger partial charge is 0.331 e. The normalized spacial score (nSPS) is 11.0. The summed E-state index contributed by atoms with van der Waals surface area (Å²) in [5.41, 5.74) is 1.00. The number of thiophene rings is 1. The fraction of sp³-hybridized carbons (Fsp3) is 0.235. The molecule has 0 spiro atoms. The summed E-state index contributed by atoms with van der Waals surface area (Å²) >= 11 is 1.16. The van der Waals surface area contributed by atoms with Crippen molar-refractivity contribution in [1.29, 1.82) is 0 Å². The summed E-state index contributed by atoms with van der Waals surface area (Å²) in [4.78, 5) is 39.6. The van der Waals surface area contributed by atoms with E-state index in [9.17, 15) is 14.4 Å². The average molecular weight is 343 g/mol. The molecular formula is C17H17N3O3S. The van der Waals surface area contributed by atoms with Crippen molar-refractivity contribution in [2.75, 3.05) is 11.9 Å². The lowest BCUT2D eigenvalue weighted by Crippen LogP contribution is -2.36. The minimum absolute atomic E-state index is 0.208. The predicted octanol–water partition coefficient (Wildman–Crippen LogP) is 1.88. The molecule has 6 nitrogen and oxygen atoms in total. The van der Waals surface area contributed by atoms with E-state index in [1.54, 1.807) is 25.1 Å². The Bertz CT molecular complexity index is 1070. The van der Waals surface area contributed by atoms with E-state index in [4.69, 9.17) is 0 Å². The number of para-hydroxylation sites is 1. The molecule has 1 amide bonds. The maximum absolute atomic E-state index is 12.8. The molecular weight excluding hydrogens is 326 g/mol. The van der Waals surface area contributed by atoms with Gasteiger partial charge in [0.05, 0.1) is 10.3 Å². The van der Waals surface area contributed by atoms with E-state index >= 15 is 0 Å². The Kier molecular flexibility index (Phi) is 3.88. The van der Waals surface area contributed by atoms with Gasteiger partial charge >= 0.3 is 5.69 Å². The number of hydrogen-bond donors (Lipinski definition) is 0. The molecule has 0 aliphatic carbocycles. The van der Waals surface area contributed by atoms with Gasteiger partial charge < -0.3 is 4.90 Å². The van der Waals surface area contributed by atoms with E-state index in [-0.39, 0.29) is 11.5 Å². The van der Waals surface area contributed by atoms with Gasteiger partial charge in [0, 0.05) is 26.8 Å². The van der Waals surface area contributed by atoms with Crippen molar-refractivity contribution in [3.63, 3.8) is 0 Å². The summed E-state index contributed by atoms with van der Waals surface area (Å²) in [6.07, 6.45) is 0. The number of amides is 1. The van der Waals surface area contributed by atoms with Gasteiger partial charge in [0.2, 0.25) is 0 Å². The van der Waals surface area contributed by atoms with Gasteiger partial charge in [0.1, 0.15) is 4.83 Å². The zero-order chi connectivity index (χ0) is 17.6. The van der Waals surface area contributed by atoms with Crippen molar-refractivity contribution >= 4 is 33.1 Å². The summed E-state index contributed by atoms with van der Waals surface area (Å²) in [5.74, 6) is -0.208. The van der Waals surface area contributed by atoms with E-state index in [0.29, 0.717) is 15.1 Å². The maximum atomic E-state index is 12.8. The number of fused-ring (bicyclic) bond motifs is 1. The average Bonchev–Trinajstić information content (AvgIpc) is 3.02. The fourth-order valence-corrected chi connectivity index (χ4v) is 3.76. The second kappa shape index (κ2) is 5.76. The molecule has 24 heavy (non-hydrogen) atoms. The minimum atomic E-state index is -0.402. The molecule has 2 aromatic heterocycles. The summed E-state index contributed by atoms with van der Waals surface area (Å²) < 4.78 is 2.44. The Morgan fingerprint density at radius 2 is 1.79 bits per heavy atom. The molecule has 0 saturated carbocycles. The van der Waals surface area contributed by atoms with Gasteiger partial charge in [-0.1, -0.05) is 18.2 Å². The number of benzene rings is 1. The third-order valence-corrected chi connectivity index (χ3v) is 5.32. The van der Waals surface area contributed by atoms with Crippen LogP contribution in [0.2, 0.25) is 0 Å². The molecule has 0 N–H and O–H groups in total. The minimum Gasteiger partial charge on any atom is -0.310 e. The molecule has 0 aliphatic heterocycles. The molecule has 3 rings (SSSR count). The van der Waals surface area contributed by atoms with Crippen LogP contribution < -0.4 is 16.1 Å². The Balaban J connectivity index is 2.14. The van der Waals surface area contributed by atoms with Crippen LogP contribution in [-0.4, -0.2) is 22.1 Å². The Morgan fingerprint density at radius 1 is 1.12 bits per heavy atom. The molecule has 124 valence electrons. The Morgan fingerprint density at radius 3 is 2.46 bits per heavy atom. The molecule has 1 aromatic carbocycles. The Hall–Kier alpha value is -2.67. The van der Waals surface area contributed by atoms with Crippen molar-refractivity contribution in [3.05, 3.63) is 61.6 Å². The van der Waals surface area contributed by atoms with E-state index in [1.807, 2.05) is 31.2 Å². The van der Waals surface area contributed by atoms with Crippen molar-refractivity contribution in [1.82, 2.24) is 9.13 Å². The lowest BCUT2D eigenvalue weighted by Gasteiger charge is -2.18. The van der Waals surface area contributed by atoms with Crippen LogP contribution >= 0.6 is 11.3 Å². The monoisotopic (exact) mass is 343 g/mol. The van der Waals surface area contributed by atoms with Crippen LogP contribution in [0.5, 0.6) is 0 Å². The molecule has 0 bridgehead atoms. The zero-order valence-electron chi connectivity index (χ0n) is 13.9. The molecule has 0 aliphatic rings. The van der Waals surface area contributed by atoms with Crippen LogP contribution in [0, 0.1) is 6.92 Å². The molecule has 0 saturated heterocycles. The first-order valence-electron chi connectivity index (χ1n) is 7.36. The molecule has 3 aromatic rings. The number of carbonyl (C=O) groups is 1. The van der Waals surface area contributed by atoms with Crippen LogP contribution in [0.25, 0.3) is 10.2 Å². The highest BCUT2D eigenvalue weighted by Gasteiger charge is 2.20. The van der Waals surface area contributed by atoms with E-state index in [0.717, 1.165) is 27.2 Å². The van der Waals surface area contributed by atoms with Crippen LogP contribution in [0.4, 0.5) is 5.69 Å². The number of hydrogen-bond acceptors (Lipinski definition) is 4. The second-order valence-electron chi connectivity index (χ2n) is 5.69. The van der Waals surface area contributed by atoms with E-state index in [1.165, 1.54) is 11.6 Å². The standard InChI is InChI=1S/C17H17N3O3S/c1-10-7-5-6-8-12(10)18(2)15(22)13-9-11-14(21)19(3)17(23)20(4)16(11)24-13/h5-9H,1-4H3. The van der Waals surface area contributed by atoms with Crippen molar-refractivity contribution in [3.8, 4) is 0 Å². The lowest BCUT2D eigenvalue weighted by molar-refractivity contribution is 0.0997. The van der Waals surface area contributed by atoms with Gasteiger partial charge in [-0.2, -0.15) is 0 Å². The summed E-state index contributed by atoms with van der Waals surface area (Å²) in [6, 6.07) is 9.16. The van der Waals surface area contributed by atoms with Crippen LogP contribution in [0.3, 0.4) is 0 Å². The van der Waals surface area contributed by atoms with Crippen molar-refractivity contribution in [2.45, 2.75) is 6.92 Å². The summed E-state index contributed by atoms with van der Waals surface area (Å²) in [6.45, 7) is 1.93. The van der Waals surface area contributed by atoms with Crippen LogP contribution in [-0.2, 0) is 14.1 Å². The lowest BCUT2D eigenvalue weighted by atomic mass is 10.2. The third-order valence-electron chi connectivity index (χ3n) is 4.12. The van der Waals surface area contributed by atoms with Gasteiger partial charge in [-0.15, -0.1) is 11.3 Å². The molecule has 7 heteroatoms. The first kappa shape index (κ1) is 16.2.